The van der Waals surface area contributed by atoms with Gasteiger partial charge in [-0.3, -0.25) is 4.79 Å². The largest absolute Gasteiger partial charge is 0.494 e. The first-order valence-corrected chi connectivity index (χ1v) is 7.28. The molecule has 0 fully saturated rings. The Hall–Kier alpha value is -1.55. The van der Waals surface area contributed by atoms with Crippen molar-refractivity contribution in [1.82, 2.24) is 5.32 Å². The highest BCUT2D eigenvalue weighted by Crippen LogP contribution is 2.15. The van der Waals surface area contributed by atoms with Crippen LogP contribution in [0.1, 0.15) is 39.2 Å². The van der Waals surface area contributed by atoms with Crippen LogP contribution in [0.3, 0.4) is 0 Å². The van der Waals surface area contributed by atoms with Crippen LogP contribution in [0.25, 0.3) is 0 Å². The van der Waals surface area contributed by atoms with Crippen LogP contribution in [0.5, 0.6) is 5.75 Å². The van der Waals surface area contributed by atoms with Gasteiger partial charge in [-0.05, 0) is 37.6 Å². The SMILES string of the molecule is CCCc1ccc(OCCC(C)(NCC)C(N)=O)cc1. The minimum absolute atomic E-state index is 0.346. The van der Waals surface area contributed by atoms with E-state index in [0.29, 0.717) is 19.6 Å². The first-order chi connectivity index (χ1) is 9.51. The second-order valence-corrected chi connectivity index (χ2v) is 5.22. The molecule has 1 atom stereocenters. The summed E-state index contributed by atoms with van der Waals surface area (Å²) in [6.07, 6.45) is 2.77. The second-order valence-electron chi connectivity index (χ2n) is 5.22. The Morgan fingerprint density at radius 2 is 1.95 bits per heavy atom. The number of carbonyl (C=O) groups excluding carboxylic acids is 1. The molecular weight excluding hydrogens is 252 g/mol. The lowest BCUT2D eigenvalue weighted by Gasteiger charge is -2.26. The van der Waals surface area contributed by atoms with Crippen molar-refractivity contribution in [1.29, 1.82) is 0 Å². The van der Waals surface area contributed by atoms with E-state index >= 15 is 0 Å². The second kappa shape index (κ2) is 7.90. The van der Waals surface area contributed by atoms with E-state index in [-0.39, 0.29) is 5.91 Å². The van der Waals surface area contributed by atoms with Crippen molar-refractivity contribution >= 4 is 5.91 Å². The molecule has 0 spiro atoms. The van der Waals surface area contributed by atoms with Gasteiger partial charge in [0.25, 0.3) is 0 Å². The highest BCUT2D eigenvalue weighted by atomic mass is 16.5. The molecular formula is C16H26N2O2. The highest BCUT2D eigenvalue weighted by molar-refractivity contribution is 5.84. The Morgan fingerprint density at radius 1 is 1.30 bits per heavy atom. The van der Waals surface area contributed by atoms with E-state index in [1.165, 1.54) is 5.56 Å². The molecule has 4 nitrogen and oxygen atoms in total. The fourth-order valence-electron chi connectivity index (χ4n) is 2.10. The Bertz CT molecular complexity index is 417. The molecule has 0 bridgehead atoms. The van der Waals surface area contributed by atoms with Gasteiger partial charge in [-0.25, -0.2) is 0 Å². The molecule has 0 radical (unpaired) electrons. The number of primary amides is 1. The summed E-state index contributed by atoms with van der Waals surface area (Å²) in [6.45, 7) is 7.08. The van der Waals surface area contributed by atoms with Crippen molar-refractivity contribution in [2.24, 2.45) is 5.73 Å². The van der Waals surface area contributed by atoms with Crippen LogP contribution in [-0.4, -0.2) is 24.6 Å². The summed E-state index contributed by atoms with van der Waals surface area (Å²) >= 11 is 0. The molecule has 0 aliphatic carbocycles. The third kappa shape index (κ3) is 4.85. The maximum atomic E-state index is 11.5. The quantitative estimate of drug-likeness (QED) is 0.728. The fourth-order valence-corrected chi connectivity index (χ4v) is 2.10. The minimum atomic E-state index is -0.711. The average molecular weight is 278 g/mol. The Morgan fingerprint density at radius 3 is 2.45 bits per heavy atom. The highest BCUT2D eigenvalue weighted by Gasteiger charge is 2.29. The maximum absolute atomic E-state index is 11.5. The van der Waals surface area contributed by atoms with Gasteiger partial charge in [0.05, 0.1) is 12.1 Å². The molecule has 0 aliphatic rings. The van der Waals surface area contributed by atoms with Gasteiger partial charge in [0.15, 0.2) is 0 Å². The summed E-state index contributed by atoms with van der Waals surface area (Å²) in [6, 6.07) is 8.10. The molecule has 1 rings (SSSR count). The van der Waals surface area contributed by atoms with Crippen molar-refractivity contribution in [3.8, 4) is 5.75 Å². The average Bonchev–Trinajstić information content (AvgIpc) is 2.41. The monoisotopic (exact) mass is 278 g/mol. The predicted molar refractivity (Wildman–Crippen MR) is 81.8 cm³/mol. The zero-order chi connectivity index (χ0) is 15.0. The molecule has 0 saturated heterocycles. The van der Waals surface area contributed by atoms with Crippen LogP contribution in [0.4, 0.5) is 0 Å². The number of likely N-dealkylation sites (N-methyl/N-ethyl adjacent to an activating group) is 1. The number of nitrogens with two attached hydrogens (primary N) is 1. The van der Waals surface area contributed by atoms with Gasteiger partial charge in [0.1, 0.15) is 5.75 Å². The molecule has 20 heavy (non-hydrogen) atoms. The predicted octanol–water partition coefficient (Wildman–Crippen LogP) is 2.26. The number of hydrogen-bond donors (Lipinski definition) is 2. The number of rotatable bonds is 9. The summed E-state index contributed by atoms with van der Waals surface area (Å²) in [5, 5.41) is 3.12. The van der Waals surface area contributed by atoms with Gasteiger partial charge in [-0.1, -0.05) is 32.4 Å². The molecule has 112 valence electrons. The van der Waals surface area contributed by atoms with E-state index < -0.39 is 5.54 Å². The number of hydrogen-bond acceptors (Lipinski definition) is 3. The van der Waals surface area contributed by atoms with E-state index in [9.17, 15) is 4.79 Å². The van der Waals surface area contributed by atoms with Gasteiger partial charge >= 0.3 is 0 Å². The number of amides is 1. The molecule has 1 aromatic carbocycles. The van der Waals surface area contributed by atoms with Gasteiger partial charge in [-0.2, -0.15) is 0 Å². The number of nitrogens with one attached hydrogen (secondary N) is 1. The van der Waals surface area contributed by atoms with Crippen LogP contribution < -0.4 is 15.8 Å². The van der Waals surface area contributed by atoms with E-state index in [1.807, 2.05) is 26.0 Å². The Kier molecular flexibility index (Phi) is 6.52. The lowest BCUT2D eigenvalue weighted by atomic mass is 9.97. The van der Waals surface area contributed by atoms with Crippen LogP contribution in [-0.2, 0) is 11.2 Å². The minimum Gasteiger partial charge on any atom is -0.494 e. The smallest absolute Gasteiger partial charge is 0.237 e. The molecule has 3 N–H and O–H groups in total. The Labute approximate surface area is 121 Å². The first-order valence-electron chi connectivity index (χ1n) is 7.28. The van der Waals surface area contributed by atoms with Gasteiger partial charge in [0.2, 0.25) is 5.91 Å². The van der Waals surface area contributed by atoms with Gasteiger partial charge in [-0.15, -0.1) is 0 Å². The van der Waals surface area contributed by atoms with Gasteiger partial charge < -0.3 is 15.8 Å². The van der Waals surface area contributed by atoms with Crippen molar-refractivity contribution in [3.63, 3.8) is 0 Å². The van der Waals surface area contributed by atoms with E-state index in [2.05, 4.69) is 24.4 Å². The summed E-state index contributed by atoms with van der Waals surface area (Å²) in [5.74, 6) is 0.481. The normalized spacial score (nSPS) is 13.8. The fraction of sp³-hybridized carbons (Fsp3) is 0.562. The third-order valence-corrected chi connectivity index (χ3v) is 3.44. The van der Waals surface area contributed by atoms with E-state index in [0.717, 1.165) is 18.6 Å². The van der Waals surface area contributed by atoms with Crippen molar-refractivity contribution in [3.05, 3.63) is 29.8 Å². The molecule has 0 heterocycles. The molecule has 1 unspecified atom stereocenters. The Balaban J connectivity index is 2.48. The first kappa shape index (κ1) is 16.5. The van der Waals surface area contributed by atoms with Crippen molar-refractivity contribution in [2.45, 2.75) is 45.6 Å². The van der Waals surface area contributed by atoms with Crippen LogP contribution >= 0.6 is 0 Å². The van der Waals surface area contributed by atoms with E-state index in [1.54, 1.807) is 0 Å². The molecule has 1 amide bonds. The maximum Gasteiger partial charge on any atom is 0.237 e. The van der Waals surface area contributed by atoms with Crippen molar-refractivity contribution < 1.29 is 9.53 Å². The van der Waals surface area contributed by atoms with Crippen LogP contribution in [0.15, 0.2) is 24.3 Å². The number of ether oxygens (including phenoxy) is 1. The molecule has 0 aromatic heterocycles. The standard InChI is InChI=1S/C16H26N2O2/c1-4-6-13-7-9-14(10-8-13)20-12-11-16(3,15(17)19)18-5-2/h7-10,18H,4-6,11-12H2,1-3H3,(H2,17,19). The lowest BCUT2D eigenvalue weighted by molar-refractivity contribution is -0.124. The zero-order valence-electron chi connectivity index (χ0n) is 12.7. The number of carbonyl (C=O) groups is 1. The van der Waals surface area contributed by atoms with Gasteiger partial charge in [0, 0.05) is 6.42 Å². The summed E-state index contributed by atoms with van der Waals surface area (Å²) < 4.78 is 5.68. The lowest BCUT2D eigenvalue weighted by Crippen LogP contribution is -2.53. The summed E-state index contributed by atoms with van der Waals surface area (Å²) in [4.78, 5) is 11.5. The number of benzene rings is 1. The topological polar surface area (TPSA) is 64.3 Å². The third-order valence-electron chi connectivity index (χ3n) is 3.44. The number of aryl methyl sites for hydroxylation is 1. The van der Waals surface area contributed by atoms with E-state index in [4.69, 9.17) is 10.5 Å². The molecule has 4 heteroatoms. The molecule has 1 aromatic rings. The van der Waals surface area contributed by atoms with Crippen LogP contribution in [0, 0.1) is 0 Å². The summed E-state index contributed by atoms with van der Waals surface area (Å²) in [7, 11) is 0. The van der Waals surface area contributed by atoms with Crippen molar-refractivity contribution in [2.75, 3.05) is 13.2 Å². The van der Waals surface area contributed by atoms with Crippen LogP contribution in [0.2, 0.25) is 0 Å². The molecule has 0 aliphatic heterocycles. The summed E-state index contributed by atoms with van der Waals surface area (Å²) in [5.41, 5.74) is 6.04. The zero-order valence-corrected chi connectivity index (χ0v) is 12.7. The molecule has 0 saturated carbocycles.